The van der Waals surface area contributed by atoms with Crippen LogP contribution in [0.3, 0.4) is 0 Å². The van der Waals surface area contributed by atoms with Crippen LogP contribution in [0, 0.1) is 12.7 Å². The number of nitrogen functional groups attached to an aromatic ring is 1. The van der Waals surface area contributed by atoms with Gasteiger partial charge in [0.1, 0.15) is 5.82 Å². The highest BCUT2D eigenvalue weighted by atomic mass is 32.1. The fraction of sp³-hybridized carbons (Fsp3) is 0.375. The number of rotatable bonds is 3. The van der Waals surface area contributed by atoms with Gasteiger partial charge >= 0.3 is 0 Å². The molecular weight excluding hydrogens is 315 g/mol. The molecule has 1 fully saturated rings. The molecule has 23 heavy (non-hydrogen) atoms. The third kappa shape index (κ3) is 3.68. The Balaban J connectivity index is 1.58. The van der Waals surface area contributed by atoms with Crippen LogP contribution in [-0.4, -0.2) is 46.9 Å². The van der Waals surface area contributed by atoms with E-state index in [4.69, 9.17) is 5.73 Å². The largest absolute Gasteiger partial charge is 0.375 e. The van der Waals surface area contributed by atoms with Gasteiger partial charge in [-0.3, -0.25) is 9.69 Å². The van der Waals surface area contributed by atoms with Crippen molar-refractivity contribution >= 4 is 22.4 Å². The lowest BCUT2D eigenvalue weighted by Gasteiger charge is -2.34. The summed E-state index contributed by atoms with van der Waals surface area (Å²) in [6, 6.07) is 5.85. The normalized spacial score (nSPS) is 15.8. The SMILES string of the molecule is Cc1nc(N)sc1CN1CCN(C(=O)c2cccc(F)c2)CC1. The number of hydrogen-bond donors (Lipinski definition) is 1. The molecule has 0 unspecified atom stereocenters. The molecular formula is C16H19FN4OS. The quantitative estimate of drug-likeness (QED) is 0.934. The monoisotopic (exact) mass is 334 g/mol. The smallest absolute Gasteiger partial charge is 0.254 e. The van der Waals surface area contributed by atoms with Gasteiger partial charge in [0.25, 0.3) is 5.91 Å². The zero-order chi connectivity index (χ0) is 16.4. The van der Waals surface area contributed by atoms with Gasteiger partial charge in [0, 0.05) is 43.2 Å². The van der Waals surface area contributed by atoms with Crippen LogP contribution < -0.4 is 5.73 Å². The molecule has 2 N–H and O–H groups in total. The summed E-state index contributed by atoms with van der Waals surface area (Å²) in [5.41, 5.74) is 7.11. The third-order valence-electron chi connectivity index (χ3n) is 4.01. The zero-order valence-corrected chi connectivity index (χ0v) is 13.8. The Kier molecular flexibility index (Phi) is 4.58. The first-order valence-corrected chi connectivity index (χ1v) is 8.33. The summed E-state index contributed by atoms with van der Waals surface area (Å²) in [7, 11) is 0. The zero-order valence-electron chi connectivity index (χ0n) is 13.0. The summed E-state index contributed by atoms with van der Waals surface area (Å²) >= 11 is 1.52. The molecule has 0 radical (unpaired) electrons. The number of nitrogens with two attached hydrogens (primary N) is 1. The van der Waals surface area contributed by atoms with Crippen molar-refractivity contribution in [2.45, 2.75) is 13.5 Å². The van der Waals surface area contributed by atoms with Gasteiger partial charge in [-0.15, -0.1) is 11.3 Å². The van der Waals surface area contributed by atoms with Crippen molar-refractivity contribution in [3.8, 4) is 0 Å². The molecule has 0 atom stereocenters. The van der Waals surface area contributed by atoms with Crippen LogP contribution in [0.1, 0.15) is 20.9 Å². The lowest BCUT2D eigenvalue weighted by Crippen LogP contribution is -2.48. The topological polar surface area (TPSA) is 62.5 Å². The van der Waals surface area contributed by atoms with Crippen molar-refractivity contribution in [1.29, 1.82) is 0 Å². The molecule has 7 heteroatoms. The van der Waals surface area contributed by atoms with Gasteiger partial charge in [-0.2, -0.15) is 0 Å². The Morgan fingerprint density at radius 2 is 2.09 bits per heavy atom. The van der Waals surface area contributed by atoms with Gasteiger partial charge in [-0.25, -0.2) is 9.37 Å². The molecule has 2 aromatic rings. The van der Waals surface area contributed by atoms with E-state index in [1.54, 1.807) is 17.0 Å². The first-order valence-electron chi connectivity index (χ1n) is 7.52. The number of piperazine rings is 1. The predicted octanol–water partition coefficient (Wildman–Crippen LogP) is 2.13. The summed E-state index contributed by atoms with van der Waals surface area (Å²) in [5.74, 6) is -0.491. The van der Waals surface area contributed by atoms with Crippen molar-refractivity contribution in [3.05, 3.63) is 46.2 Å². The molecule has 5 nitrogen and oxygen atoms in total. The number of aryl methyl sites for hydroxylation is 1. The average Bonchev–Trinajstić information content (AvgIpc) is 2.85. The summed E-state index contributed by atoms with van der Waals surface area (Å²) in [4.78, 5) is 21.9. The number of aromatic nitrogens is 1. The van der Waals surface area contributed by atoms with E-state index in [0.717, 1.165) is 25.3 Å². The highest BCUT2D eigenvalue weighted by molar-refractivity contribution is 7.15. The fourth-order valence-electron chi connectivity index (χ4n) is 2.71. The molecule has 1 aromatic carbocycles. The molecule has 0 spiro atoms. The van der Waals surface area contributed by atoms with Crippen LogP contribution >= 0.6 is 11.3 Å². The van der Waals surface area contributed by atoms with Gasteiger partial charge in [0.2, 0.25) is 0 Å². The van der Waals surface area contributed by atoms with E-state index >= 15 is 0 Å². The summed E-state index contributed by atoms with van der Waals surface area (Å²) in [6.45, 7) is 5.64. The van der Waals surface area contributed by atoms with Gasteiger partial charge in [0.15, 0.2) is 5.13 Å². The average molecular weight is 334 g/mol. The Morgan fingerprint density at radius 1 is 1.35 bits per heavy atom. The number of carbonyl (C=O) groups is 1. The second-order valence-electron chi connectivity index (χ2n) is 5.64. The molecule has 3 rings (SSSR count). The summed E-state index contributed by atoms with van der Waals surface area (Å²) in [5, 5.41) is 0.595. The van der Waals surface area contributed by atoms with Gasteiger partial charge in [-0.05, 0) is 25.1 Å². The molecule has 1 aliphatic heterocycles. The highest BCUT2D eigenvalue weighted by Gasteiger charge is 2.23. The van der Waals surface area contributed by atoms with Crippen molar-refractivity contribution in [3.63, 3.8) is 0 Å². The van der Waals surface area contributed by atoms with E-state index in [1.165, 1.54) is 28.3 Å². The maximum absolute atomic E-state index is 13.2. The Hall–Kier alpha value is -1.99. The number of amides is 1. The number of halogens is 1. The molecule has 0 saturated carbocycles. The third-order valence-corrected chi connectivity index (χ3v) is 4.98. The first-order chi connectivity index (χ1) is 11.0. The van der Waals surface area contributed by atoms with Crippen LogP contribution in [0.4, 0.5) is 9.52 Å². The maximum Gasteiger partial charge on any atom is 0.254 e. The van der Waals surface area contributed by atoms with Crippen molar-refractivity contribution < 1.29 is 9.18 Å². The minimum absolute atomic E-state index is 0.109. The molecule has 0 bridgehead atoms. The van der Waals surface area contributed by atoms with Crippen LogP contribution in [0.5, 0.6) is 0 Å². The fourth-order valence-corrected chi connectivity index (χ4v) is 3.59. The maximum atomic E-state index is 13.2. The number of hydrogen-bond acceptors (Lipinski definition) is 5. The van der Waals surface area contributed by atoms with Gasteiger partial charge in [-0.1, -0.05) is 6.07 Å². The standard InChI is InChI=1S/C16H19FN4OS/c1-11-14(23-16(18)19-11)10-20-5-7-21(8-6-20)15(22)12-3-2-4-13(17)9-12/h2-4,9H,5-8,10H2,1H3,(H2,18,19). The molecule has 1 amide bonds. The van der Waals surface area contributed by atoms with Gasteiger partial charge in [0.05, 0.1) is 5.69 Å². The van der Waals surface area contributed by atoms with Crippen molar-refractivity contribution in [1.82, 2.24) is 14.8 Å². The number of carbonyl (C=O) groups excluding carboxylic acids is 1. The molecule has 0 aliphatic carbocycles. The van der Waals surface area contributed by atoms with Crippen LogP contribution in [0.25, 0.3) is 0 Å². The van der Waals surface area contributed by atoms with Crippen molar-refractivity contribution in [2.75, 3.05) is 31.9 Å². The number of nitrogens with zero attached hydrogens (tertiary/aromatic N) is 3. The van der Waals surface area contributed by atoms with Crippen LogP contribution in [0.15, 0.2) is 24.3 Å². The van der Waals surface area contributed by atoms with E-state index in [-0.39, 0.29) is 11.7 Å². The Bertz CT molecular complexity index is 710. The summed E-state index contributed by atoms with van der Waals surface area (Å²) in [6.07, 6.45) is 0. The lowest BCUT2D eigenvalue weighted by atomic mass is 10.1. The molecule has 122 valence electrons. The highest BCUT2D eigenvalue weighted by Crippen LogP contribution is 2.22. The van der Waals surface area contributed by atoms with E-state index in [2.05, 4.69) is 9.88 Å². The Morgan fingerprint density at radius 3 is 2.70 bits per heavy atom. The van der Waals surface area contributed by atoms with E-state index in [1.807, 2.05) is 6.92 Å². The first kappa shape index (κ1) is 15.9. The van der Waals surface area contributed by atoms with Crippen molar-refractivity contribution in [2.24, 2.45) is 0 Å². The van der Waals surface area contributed by atoms with Crippen LogP contribution in [0.2, 0.25) is 0 Å². The minimum atomic E-state index is -0.382. The van der Waals surface area contributed by atoms with E-state index in [0.29, 0.717) is 23.8 Å². The van der Waals surface area contributed by atoms with E-state index < -0.39 is 0 Å². The van der Waals surface area contributed by atoms with Gasteiger partial charge < -0.3 is 10.6 Å². The second kappa shape index (κ2) is 6.64. The number of benzene rings is 1. The summed E-state index contributed by atoms with van der Waals surface area (Å²) < 4.78 is 13.2. The molecule has 1 aromatic heterocycles. The molecule has 2 heterocycles. The molecule has 1 aliphatic rings. The van der Waals surface area contributed by atoms with Crippen LogP contribution in [-0.2, 0) is 6.54 Å². The number of anilines is 1. The predicted molar refractivity (Wildman–Crippen MR) is 88.8 cm³/mol. The number of thiazole rings is 1. The van der Waals surface area contributed by atoms with E-state index in [9.17, 15) is 9.18 Å². The lowest BCUT2D eigenvalue weighted by molar-refractivity contribution is 0.0629. The Labute approximate surface area is 138 Å². The second-order valence-corrected chi connectivity index (χ2v) is 6.75. The molecule has 1 saturated heterocycles. The minimum Gasteiger partial charge on any atom is -0.375 e.